The number of nitrogens with zero attached hydrogens (tertiary/aromatic N) is 2. The number of ether oxygens (including phenoxy) is 1. The van der Waals surface area contributed by atoms with Gasteiger partial charge in [0.2, 0.25) is 0 Å². The van der Waals surface area contributed by atoms with Gasteiger partial charge in [-0.05, 0) is 30.9 Å². The van der Waals surface area contributed by atoms with E-state index in [0.717, 1.165) is 25.5 Å². The van der Waals surface area contributed by atoms with Crippen molar-refractivity contribution in [1.29, 1.82) is 0 Å². The highest BCUT2D eigenvalue weighted by atomic mass is 19.4. The summed E-state index contributed by atoms with van der Waals surface area (Å²) in [7, 11) is 0. The van der Waals surface area contributed by atoms with Crippen molar-refractivity contribution in [2.45, 2.75) is 39.0 Å². The van der Waals surface area contributed by atoms with E-state index in [9.17, 15) is 13.2 Å². The van der Waals surface area contributed by atoms with Gasteiger partial charge in [-0.1, -0.05) is 13.8 Å². The molecule has 1 aromatic heterocycles. The number of hydrogen-bond acceptors (Lipinski definition) is 4. The van der Waals surface area contributed by atoms with Gasteiger partial charge in [-0.2, -0.15) is 13.2 Å². The van der Waals surface area contributed by atoms with Gasteiger partial charge in [0.15, 0.2) is 5.69 Å². The molecule has 4 nitrogen and oxygen atoms in total. The van der Waals surface area contributed by atoms with E-state index in [1.54, 1.807) is 0 Å². The smallest absolute Gasteiger partial charge is 0.378 e. The number of aromatic nitrogens is 2. The van der Waals surface area contributed by atoms with Gasteiger partial charge >= 0.3 is 6.18 Å². The van der Waals surface area contributed by atoms with Gasteiger partial charge in [0.1, 0.15) is 5.82 Å². The van der Waals surface area contributed by atoms with Crippen molar-refractivity contribution in [2.75, 3.05) is 18.5 Å². The third-order valence-corrected chi connectivity index (χ3v) is 3.65. The zero-order valence-corrected chi connectivity index (χ0v) is 12.2. The highest BCUT2D eigenvalue weighted by Crippen LogP contribution is 2.28. The summed E-state index contributed by atoms with van der Waals surface area (Å²) in [6.45, 7) is 5.63. The molecule has 1 aliphatic heterocycles. The number of nitrogens with one attached hydrogen (secondary N) is 1. The average molecular weight is 303 g/mol. The molecule has 0 aliphatic carbocycles. The Hall–Kier alpha value is -1.37. The van der Waals surface area contributed by atoms with Crippen LogP contribution in [0.25, 0.3) is 0 Å². The van der Waals surface area contributed by atoms with Crippen molar-refractivity contribution in [1.82, 2.24) is 10.2 Å². The first kappa shape index (κ1) is 16.0. The van der Waals surface area contributed by atoms with Crippen LogP contribution in [0.2, 0.25) is 0 Å². The largest absolute Gasteiger partial charge is 0.435 e. The summed E-state index contributed by atoms with van der Waals surface area (Å²) in [4.78, 5) is 0. The fourth-order valence-corrected chi connectivity index (χ4v) is 2.63. The molecule has 2 heterocycles. The lowest BCUT2D eigenvalue weighted by Crippen LogP contribution is -2.37. The second-order valence-electron chi connectivity index (χ2n) is 5.66. The molecule has 1 fully saturated rings. The molecule has 7 heteroatoms. The normalized spacial score (nSPS) is 23.3. The van der Waals surface area contributed by atoms with E-state index in [2.05, 4.69) is 29.4 Å². The highest BCUT2D eigenvalue weighted by Gasteiger charge is 2.33. The summed E-state index contributed by atoms with van der Waals surface area (Å²) in [5.74, 6) is 1.11. The van der Waals surface area contributed by atoms with Crippen LogP contribution in [-0.2, 0) is 10.9 Å². The zero-order valence-electron chi connectivity index (χ0n) is 12.2. The van der Waals surface area contributed by atoms with Crippen molar-refractivity contribution in [2.24, 2.45) is 11.8 Å². The number of alkyl halides is 3. The SMILES string of the molecule is CC(C)C1OCCCC1CNc1ccc(C(F)(F)F)nn1. The molecule has 0 spiro atoms. The Labute approximate surface area is 122 Å². The Bertz CT molecular complexity index is 448. The van der Waals surface area contributed by atoms with Gasteiger partial charge in [-0.3, -0.25) is 0 Å². The van der Waals surface area contributed by atoms with E-state index in [-0.39, 0.29) is 6.10 Å². The van der Waals surface area contributed by atoms with Crippen molar-refractivity contribution in [3.63, 3.8) is 0 Å². The van der Waals surface area contributed by atoms with Gasteiger partial charge in [0, 0.05) is 19.1 Å². The molecule has 2 unspecified atom stereocenters. The van der Waals surface area contributed by atoms with E-state index in [1.165, 1.54) is 6.07 Å². The van der Waals surface area contributed by atoms with Crippen LogP contribution in [0.4, 0.5) is 19.0 Å². The Morgan fingerprint density at radius 3 is 2.67 bits per heavy atom. The molecule has 1 saturated heterocycles. The maximum atomic E-state index is 12.4. The van der Waals surface area contributed by atoms with Crippen molar-refractivity contribution < 1.29 is 17.9 Å². The number of rotatable bonds is 4. The molecule has 0 aromatic carbocycles. The average Bonchev–Trinajstić information content (AvgIpc) is 2.45. The summed E-state index contributed by atoms with van der Waals surface area (Å²) in [5, 5.41) is 9.83. The molecule has 1 aliphatic rings. The first-order chi connectivity index (χ1) is 9.88. The Morgan fingerprint density at radius 2 is 2.10 bits per heavy atom. The zero-order chi connectivity index (χ0) is 15.5. The topological polar surface area (TPSA) is 47.0 Å². The lowest BCUT2D eigenvalue weighted by atomic mass is 9.87. The van der Waals surface area contributed by atoms with Gasteiger partial charge in [-0.15, -0.1) is 10.2 Å². The maximum Gasteiger partial charge on any atom is 0.435 e. The Kier molecular flexibility index (Phi) is 5.03. The standard InChI is InChI=1S/C14H20F3N3O/c1-9(2)13-10(4-3-7-21-13)8-18-12-6-5-11(19-20-12)14(15,16)17/h5-6,9-10,13H,3-4,7-8H2,1-2H3,(H,18,20). The lowest BCUT2D eigenvalue weighted by molar-refractivity contribution is -0.141. The number of hydrogen-bond donors (Lipinski definition) is 1. The number of anilines is 1. The number of halogens is 3. The van der Waals surface area contributed by atoms with E-state index in [1.807, 2.05) is 0 Å². The second-order valence-corrected chi connectivity index (χ2v) is 5.66. The van der Waals surface area contributed by atoms with Crippen molar-refractivity contribution >= 4 is 5.82 Å². The van der Waals surface area contributed by atoms with Crippen LogP contribution in [0.1, 0.15) is 32.4 Å². The van der Waals surface area contributed by atoms with Crippen LogP contribution in [-0.4, -0.2) is 29.5 Å². The second kappa shape index (κ2) is 6.60. The van der Waals surface area contributed by atoms with E-state index >= 15 is 0 Å². The van der Waals surface area contributed by atoms with Crippen LogP contribution in [0.3, 0.4) is 0 Å². The molecule has 0 radical (unpaired) electrons. The molecule has 0 amide bonds. The summed E-state index contributed by atoms with van der Waals surface area (Å²) in [6.07, 6.45) is -2.22. The minimum atomic E-state index is -4.45. The summed E-state index contributed by atoms with van der Waals surface area (Å²) in [6, 6.07) is 2.25. The molecular weight excluding hydrogens is 283 g/mol. The third kappa shape index (κ3) is 4.30. The molecule has 0 bridgehead atoms. The van der Waals surface area contributed by atoms with E-state index < -0.39 is 11.9 Å². The minimum absolute atomic E-state index is 0.175. The van der Waals surface area contributed by atoms with Crippen molar-refractivity contribution in [3.05, 3.63) is 17.8 Å². The quantitative estimate of drug-likeness (QED) is 0.926. The van der Waals surface area contributed by atoms with Gasteiger partial charge < -0.3 is 10.1 Å². The van der Waals surface area contributed by atoms with Gasteiger partial charge in [-0.25, -0.2) is 0 Å². The van der Waals surface area contributed by atoms with Crippen LogP contribution >= 0.6 is 0 Å². The van der Waals surface area contributed by atoms with Crippen LogP contribution in [0, 0.1) is 11.8 Å². The fraction of sp³-hybridized carbons (Fsp3) is 0.714. The predicted octanol–water partition coefficient (Wildman–Crippen LogP) is 3.36. The Balaban J connectivity index is 1.93. The lowest BCUT2D eigenvalue weighted by Gasteiger charge is -2.34. The molecule has 0 saturated carbocycles. The van der Waals surface area contributed by atoms with Crippen molar-refractivity contribution in [3.8, 4) is 0 Å². The van der Waals surface area contributed by atoms with E-state index in [4.69, 9.17) is 4.74 Å². The molecule has 1 N–H and O–H groups in total. The molecule has 2 atom stereocenters. The molecule has 21 heavy (non-hydrogen) atoms. The van der Waals surface area contributed by atoms with E-state index in [0.29, 0.717) is 24.2 Å². The van der Waals surface area contributed by atoms with Gasteiger partial charge in [0.25, 0.3) is 0 Å². The third-order valence-electron chi connectivity index (χ3n) is 3.65. The summed E-state index contributed by atoms with van der Waals surface area (Å²) < 4.78 is 43.0. The summed E-state index contributed by atoms with van der Waals surface area (Å²) in [5.41, 5.74) is -0.978. The highest BCUT2D eigenvalue weighted by molar-refractivity contribution is 5.33. The molecular formula is C14H20F3N3O. The molecule has 2 rings (SSSR count). The van der Waals surface area contributed by atoms with Crippen LogP contribution in [0.5, 0.6) is 0 Å². The Morgan fingerprint density at radius 1 is 1.33 bits per heavy atom. The first-order valence-electron chi connectivity index (χ1n) is 7.14. The van der Waals surface area contributed by atoms with Crippen LogP contribution < -0.4 is 5.32 Å². The molecule has 1 aromatic rings. The summed E-state index contributed by atoms with van der Waals surface area (Å²) >= 11 is 0. The first-order valence-corrected chi connectivity index (χ1v) is 7.14. The monoisotopic (exact) mass is 303 g/mol. The van der Waals surface area contributed by atoms with Crippen LogP contribution in [0.15, 0.2) is 12.1 Å². The maximum absolute atomic E-state index is 12.4. The molecule has 118 valence electrons. The minimum Gasteiger partial charge on any atom is -0.378 e. The van der Waals surface area contributed by atoms with Gasteiger partial charge in [0.05, 0.1) is 6.10 Å². The predicted molar refractivity (Wildman–Crippen MR) is 72.8 cm³/mol. The fourth-order valence-electron chi connectivity index (χ4n) is 2.63.